The Kier molecular flexibility index (Phi) is 4.71. The summed E-state index contributed by atoms with van der Waals surface area (Å²) in [6.07, 6.45) is 0. The zero-order chi connectivity index (χ0) is 12.1. The first-order valence-electron chi connectivity index (χ1n) is 4.70. The Hall–Kier alpha value is -1.12. The summed E-state index contributed by atoms with van der Waals surface area (Å²) in [5, 5.41) is 8.73. The third kappa shape index (κ3) is 2.71. The van der Waals surface area contributed by atoms with Crippen LogP contribution < -0.4 is 4.90 Å². The van der Waals surface area contributed by atoms with Gasteiger partial charge in [0.15, 0.2) is 5.82 Å². The van der Waals surface area contributed by atoms with E-state index in [9.17, 15) is 4.39 Å². The molecular weight excluding hydrogens is 275 g/mol. The van der Waals surface area contributed by atoms with Gasteiger partial charge in [0, 0.05) is 20.7 Å². The molecule has 0 saturated heterocycles. The van der Waals surface area contributed by atoms with Crippen LogP contribution in [-0.4, -0.2) is 27.3 Å². The van der Waals surface area contributed by atoms with E-state index in [0.29, 0.717) is 24.4 Å². The first-order valence-corrected chi connectivity index (χ1v) is 5.49. The Morgan fingerprint density at radius 1 is 1.56 bits per heavy atom. The molecule has 16 heavy (non-hydrogen) atoms. The van der Waals surface area contributed by atoms with Crippen molar-refractivity contribution in [2.45, 2.75) is 0 Å². The number of nitriles is 1. The number of hydrogen-bond donors (Lipinski definition) is 0. The number of nitrogens with zero attached hydrogens (tertiary/aromatic N) is 2. The number of halogens is 2. The van der Waals surface area contributed by atoms with Crippen molar-refractivity contribution in [3.63, 3.8) is 0 Å². The number of ether oxygens (including phenoxy) is 1. The molecule has 0 heterocycles. The van der Waals surface area contributed by atoms with E-state index in [-0.39, 0.29) is 4.47 Å². The topological polar surface area (TPSA) is 36.3 Å². The van der Waals surface area contributed by atoms with Gasteiger partial charge in [0.1, 0.15) is 6.07 Å². The summed E-state index contributed by atoms with van der Waals surface area (Å²) in [6.45, 7) is 1.11. The molecule has 0 spiro atoms. The molecule has 1 aromatic carbocycles. The van der Waals surface area contributed by atoms with Crippen LogP contribution in [0.3, 0.4) is 0 Å². The Morgan fingerprint density at radius 2 is 2.25 bits per heavy atom. The van der Waals surface area contributed by atoms with E-state index in [4.69, 9.17) is 10.00 Å². The van der Waals surface area contributed by atoms with Gasteiger partial charge in [-0.15, -0.1) is 0 Å². The van der Waals surface area contributed by atoms with E-state index < -0.39 is 5.82 Å². The highest BCUT2D eigenvalue weighted by atomic mass is 79.9. The van der Waals surface area contributed by atoms with E-state index >= 15 is 0 Å². The largest absolute Gasteiger partial charge is 0.383 e. The van der Waals surface area contributed by atoms with Crippen molar-refractivity contribution in [1.82, 2.24) is 0 Å². The lowest BCUT2D eigenvalue weighted by Crippen LogP contribution is -2.23. The molecular formula is C11H12BrFN2O. The van der Waals surface area contributed by atoms with E-state index in [1.807, 2.05) is 6.07 Å². The van der Waals surface area contributed by atoms with Crippen molar-refractivity contribution >= 4 is 21.6 Å². The number of benzene rings is 1. The van der Waals surface area contributed by atoms with Crippen LogP contribution in [-0.2, 0) is 4.74 Å². The van der Waals surface area contributed by atoms with Crippen LogP contribution in [0.4, 0.5) is 10.1 Å². The van der Waals surface area contributed by atoms with Gasteiger partial charge < -0.3 is 9.64 Å². The molecule has 0 N–H and O–H groups in total. The second-order valence-corrected chi connectivity index (χ2v) is 4.08. The van der Waals surface area contributed by atoms with Crippen molar-refractivity contribution in [2.75, 3.05) is 32.2 Å². The third-order valence-corrected chi connectivity index (χ3v) is 3.00. The van der Waals surface area contributed by atoms with Gasteiger partial charge in [0.25, 0.3) is 0 Å². The molecule has 0 aliphatic carbocycles. The second kappa shape index (κ2) is 5.83. The van der Waals surface area contributed by atoms with Gasteiger partial charge in [-0.2, -0.15) is 5.26 Å². The van der Waals surface area contributed by atoms with Crippen LogP contribution >= 0.6 is 15.9 Å². The molecule has 0 aromatic heterocycles. The molecule has 1 rings (SSSR count). The van der Waals surface area contributed by atoms with Gasteiger partial charge in [-0.3, -0.25) is 0 Å². The molecule has 5 heteroatoms. The summed E-state index contributed by atoms with van der Waals surface area (Å²) < 4.78 is 19.0. The predicted molar refractivity (Wildman–Crippen MR) is 64.0 cm³/mol. The van der Waals surface area contributed by atoms with Crippen molar-refractivity contribution in [3.05, 3.63) is 28.0 Å². The second-order valence-electron chi connectivity index (χ2n) is 3.29. The predicted octanol–water partition coefficient (Wildman–Crippen LogP) is 2.54. The van der Waals surface area contributed by atoms with Gasteiger partial charge in [-0.1, -0.05) is 0 Å². The van der Waals surface area contributed by atoms with Gasteiger partial charge in [-0.05, 0) is 28.1 Å². The zero-order valence-electron chi connectivity index (χ0n) is 9.13. The van der Waals surface area contributed by atoms with Crippen molar-refractivity contribution in [3.8, 4) is 6.07 Å². The summed E-state index contributed by atoms with van der Waals surface area (Å²) in [4.78, 5) is 1.74. The molecule has 0 bridgehead atoms. The Labute approximate surface area is 103 Å². The number of hydrogen-bond acceptors (Lipinski definition) is 3. The molecule has 1 aromatic rings. The summed E-state index contributed by atoms with van der Waals surface area (Å²) in [6, 6.07) is 5.10. The summed E-state index contributed by atoms with van der Waals surface area (Å²) in [7, 11) is 3.37. The first-order chi connectivity index (χ1) is 7.61. The maximum Gasteiger partial charge on any atom is 0.161 e. The standard InChI is InChI=1S/C11H12BrFN2O/c1-15(5-6-16-2)9-4-3-8(7-14)10(12)11(9)13/h3-4H,5-6H2,1-2H3. The molecule has 0 aliphatic rings. The van der Waals surface area contributed by atoms with E-state index in [0.717, 1.165) is 0 Å². The Morgan fingerprint density at radius 3 is 2.81 bits per heavy atom. The average Bonchev–Trinajstić information content (AvgIpc) is 2.29. The summed E-state index contributed by atoms with van der Waals surface area (Å²) in [5.41, 5.74) is 0.740. The summed E-state index contributed by atoms with van der Waals surface area (Å²) >= 11 is 3.07. The fourth-order valence-corrected chi connectivity index (χ4v) is 1.69. The zero-order valence-corrected chi connectivity index (χ0v) is 10.7. The van der Waals surface area contributed by atoms with Crippen LogP contribution in [0.15, 0.2) is 16.6 Å². The minimum atomic E-state index is -0.419. The molecule has 86 valence electrons. The third-order valence-electron chi connectivity index (χ3n) is 2.22. The van der Waals surface area contributed by atoms with Gasteiger partial charge >= 0.3 is 0 Å². The first kappa shape index (κ1) is 12.9. The number of rotatable bonds is 4. The Balaban J connectivity index is 2.99. The van der Waals surface area contributed by atoms with Crippen molar-refractivity contribution in [2.24, 2.45) is 0 Å². The lowest BCUT2D eigenvalue weighted by molar-refractivity contribution is 0.206. The lowest BCUT2D eigenvalue weighted by atomic mass is 10.2. The number of likely N-dealkylation sites (N-methyl/N-ethyl adjacent to an activating group) is 1. The normalized spacial score (nSPS) is 9.94. The number of anilines is 1. The molecule has 0 saturated carbocycles. The minimum Gasteiger partial charge on any atom is -0.383 e. The molecule has 0 aliphatic heterocycles. The Bertz CT molecular complexity index is 417. The van der Waals surface area contributed by atoms with Crippen LogP contribution in [0.2, 0.25) is 0 Å². The van der Waals surface area contributed by atoms with Crippen LogP contribution in [0.1, 0.15) is 5.56 Å². The molecule has 0 amide bonds. The fraction of sp³-hybridized carbons (Fsp3) is 0.364. The highest BCUT2D eigenvalue weighted by molar-refractivity contribution is 9.10. The quantitative estimate of drug-likeness (QED) is 0.854. The minimum absolute atomic E-state index is 0.205. The van der Waals surface area contributed by atoms with E-state index in [1.165, 1.54) is 0 Å². The molecule has 3 nitrogen and oxygen atoms in total. The number of methoxy groups -OCH3 is 1. The average molecular weight is 287 g/mol. The molecule has 0 fully saturated rings. The van der Waals surface area contributed by atoms with Crippen LogP contribution in [0.25, 0.3) is 0 Å². The van der Waals surface area contributed by atoms with Crippen molar-refractivity contribution in [1.29, 1.82) is 5.26 Å². The highest BCUT2D eigenvalue weighted by Gasteiger charge is 2.13. The fourth-order valence-electron chi connectivity index (χ4n) is 1.27. The van der Waals surface area contributed by atoms with E-state index in [2.05, 4.69) is 15.9 Å². The SMILES string of the molecule is COCCN(C)c1ccc(C#N)c(Br)c1F. The highest BCUT2D eigenvalue weighted by Crippen LogP contribution is 2.28. The summed E-state index contributed by atoms with van der Waals surface area (Å²) in [5.74, 6) is -0.419. The maximum absolute atomic E-state index is 13.8. The van der Waals surface area contributed by atoms with Gasteiger partial charge in [0.05, 0.1) is 22.3 Å². The van der Waals surface area contributed by atoms with E-state index in [1.54, 1.807) is 31.2 Å². The molecule has 0 unspecified atom stereocenters. The van der Waals surface area contributed by atoms with Gasteiger partial charge in [0.2, 0.25) is 0 Å². The monoisotopic (exact) mass is 286 g/mol. The van der Waals surface area contributed by atoms with Crippen LogP contribution in [0.5, 0.6) is 0 Å². The molecule has 0 atom stereocenters. The molecule has 0 radical (unpaired) electrons. The smallest absolute Gasteiger partial charge is 0.161 e. The maximum atomic E-state index is 13.8. The van der Waals surface area contributed by atoms with Crippen molar-refractivity contribution < 1.29 is 9.13 Å². The van der Waals surface area contributed by atoms with Crippen LogP contribution in [0, 0.1) is 17.1 Å². The van der Waals surface area contributed by atoms with Gasteiger partial charge in [-0.25, -0.2) is 4.39 Å². The lowest BCUT2D eigenvalue weighted by Gasteiger charge is -2.20.